The zero-order chi connectivity index (χ0) is 24.3. The molecule has 0 aliphatic heterocycles. The third-order valence-corrected chi connectivity index (χ3v) is 5.69. The number of carbonyl (C=O) groups excluding carboxylic acids is 1. The number of rotatable bonds is 8. The van der Waals surface area contributed by atoms with Crippen LogP contribution in [-0.2, 0) is 33.7 Å². The smallest absolute Gasteiger partial charge is 0.338 e. The summed E-state index contributed by atoms with van der Waals surface area (Å²) in [6.07, 6.45) is 1.67. The third kappa shape index (κ3) is 6.41. The van der Waals surface area contributed by atoms with E-state index in [9.17, 15) is 9.90 Å². The van der Waals surface area contributed by atoms with E-state index in [2.05, 4.69) is 24.3 Å². The quantitative estimate of drug-likeness (QED) is 0.360. The summed E-state index contributed by atoms with van der Waals surface area (Å²) < 4.78 is 15.0. The first-order chi connectivity index (χ1) is 16.6. The van der Waals surface area contributed by atoms with E-state index in [0.29, 0.717) is 18.8 Å². The van der Waals surface area contributed by atoms with Crippen LogP contribution >= 0.6 is 0 Å². The van der Waals surface area contributed by atoms with Crippen LogP contribution in [0.2, 0.25) is 0 Å². The highest BCUT2D eigenvalue weighted by Gasteiger charge is 2.11. The van der Waals surface area contributed by atoms with Gasteiger partial charge in [0, 0.05) is 14.2 Å². The highest BCUT2D eigenvalue weighted by atomic mass is 16.5. The van der Waals surface area contributed by atoms with Crippen molar-refractivity contribution in [1.29, 1.82) is 0 Å². The van der Waals surface area contributed by atoms with Gasteiger partial charge in [0.2, 0.25) is 0 Å². The topological polar surface area (TPSA) is 65.0 Å². The van der Waals surface area contributed by atoms with Crippen molar-refractivity contribution in [2.45, 2.75) is 19.4 Å². The van der Waals surface area contributed by atoms with E-state index in [-0.39, 0.29) is 12.6 Å². The molecule has 0 unspecified atom stereocenters. The van der Waals surface area contributed by atoms with Gasteiger partial charge >= 0.3 is 5.97 Å². The van der Waals surface area contributed by atoms with E-state index in [1.54, 1.807) is 14.2 Å². The molecule has 4 aromatic carbocycles. The van der Waals surface area contributed by atoms with Crippen LogP contribution < -0.4 is 0 Å². The number of fused-ring (bicyclic) bond motifs is 2. The fourth-order valence-corrected chi connectivity index (χ4v) is 3.97. The minimum Gasteiger partial charge on any atom is -0.465 e. The van der Waals surface area contributed by atoms with Gasteiger partial charge in [-0.25, -0.2) is 4.79 Å². The molecular weight excluding hydrogens is 428 g/mol. The summed E-state index contributed by atoms with van der Waals surface area (Å²) in [6, 6.07) is 24.1. The van der Waals surface area contributed by atoms with Crippen LogP contribution in [0.15, 0.2) is 72.8 Å². The van der Waals surface area contributed by atoms with Crippen LogP contribution in [0.5, 0.6) is 0 Å². The maximum Gasteiger partial charge on any atom is 0.338 e. The molecule has 0 aliphatic carbocycles. The summed E-state index contributed by atoms with van der Waals surface area (Å²) in [4.78, 5) is 11.8. The lowest BCUT2D eigenvalue weighted by Gasteiger charge is -2.08. The number of carbonyl (C=O) groups is 1. The van der Waals surface area contributed by atoms with Crippen molar-refractivity contribution in [3.8, 4) is 0 Å². The zero-order valence-corrected chi connectivity index (χ0v) is 20.0. The molecule has 4 aromatic rings. The van der Waals surface area contributed by atoms with Crippen molar-refractivity contribution in [3.05, 3.63) is 95.1 Å². The van der Waals surface area contributed by atoms with Crippen molar-refractivity contribution in [3.63, 3.8) is 0 Å². The van der Waals surface area contributed by atoms with E-state index in [4.69, 9.17) is 14.2 Å². The predicted octanol–water partition coefficient (Wildman–Crippen LogP) is 5.34. The lowest BCUT2D eigenvalue weighted by atomic mass is 9.99. The van der Waals surface area contributed by atoms with Gasteiger partial charge in [0.05, 0.1) is 32.5 Å². The van der Waals surface area contributed by atoms with Crippen LogP contribution in [0.4, 0.5) is 0 Å². The Bertz CT molecular complexity index is 1230. The second-order valence-corrected chi connectivity index (χ2v) is 7.98. The summed E-state index contributed by atoms with van der Waals surface area (Å²) in [5, 5.41) is 13.6. The Kier molecular flexibility index (Phi) is 9.59. The van der Waals surface area contributed by atoms with Gasteiger partial charge in [-0.2, -0.15) is 0 Å². The molecular formula is C29H32O5. The number of aliphatic hydroxyl groups is 1. The Hall–Kier alpha value is -3.25. The van der Waals surface area contributed by atoms with Crippen LogP contribution in [0.3, 0.4) is 0 Å². The Balaban J connectivity index is 0.000000192. The van der Waals surface area contributed by atoms with Gasteiger partial charge in [-0.05, 0) is 57.1 Å². The summed E-state index contributed by atoms with van der Waals surface area (Å²) in [5.74, 6) is -0.300. The second-order valence-electron chi connectivity index (χ2n) is 7.98. The van der Waals surface area contributed by atoms with Crippen molar-refractivity contribution in [2.24, 2.45) is 0 Å². The standard InChI is InChI=1S/C15H16O3.C14H16O2/c1-17-8-7-11-9-12-5-3-4-6-13(12)14(10-11)15(16)18-2;1-16-7-6-11-8-12-4-2-3-5-14(12)13(9-11)10-15/h3-6,9-10H,7-8H2,1-2H3;2-5,8-9,15H,6-7,10H2,1H3. The molecule has 0 spiro atoms. The lowest BCUT2D eigenvalue weighted by molar-refractivity contribution is 0.0603. The molecule has 0 saturated carbocycles. The summed E-state index contributed by atoms with van der Waals surface area (Å²) in [6.45, 7) is 1.43. The fraction of sp³-hybridized carbons (Fsp3) is 0.276. The minimum absolute atomic E-state index is 0.0847. The third-order valence-electron chi connectivity index (χ3n) is 5.69. The number of hydrogen-bond donors (Lipinski definition) is 1. The highest BCUT2D eigenvalue weighted by Crippen LogP contribution is 2.23. The molecule has 0 bridgehead atoms. The maximum atomic E-state index is 11.8. The van der Waals surface area contributed by atoms with Gasteiger partial charge in [-0.3, -0.25) is 0 Å². The SMILES string of the molecule is COCCc1cc(C(=O)OC)c2ccccc2c1.COCCc1cc(CO)c2ccccc2c1. The van der Waals surface area contributed by atoms with Crippen LogP contribution in [0.1, 0.15) is 27.0 Å². The minimum atomic E-state index is -0.300. The molecule has 178 valence electrons. The summed E-state index contributed by atoms with van der Waals surface area (Å²) in [5.41, 5.74) is 3.89. The van der Waals surface area contributed by atoms with E-state index in [0.717, 1.165) is 40.1 Å². The van der Waals surface area contributed by atoms with Crippen molar-refractivity contribution >= 4 is 27.5 Å². The molecule has 0 atom stereocenters. The molecule has 0 saturated heterocycles. The Labute approximate surface area is 200 Å². The van der Waals surface area contributed by atoms with Gasteiger partial charge in [-0.15, -0.1) is 0 Å². The van der Waals surface area contributed by atoms with Gasteiger partial charge < -0.3 is 19.3 Å². The Morgan fingerprint density at radius 3 is 1.82 bits per heavy atom. The molecule has 5 nitrogen and oxygen atoms in total. The van der Waals surface area contributed by atoms with E-state index < -0.39 is 0 Å². The first-order valence-electron chi connectivity index (χ1n) is 11.3. The van der Waals surface area contributed by atoms with Crippen LogP contribution in [0.25, 0.3) is 21.5 Å². The predicted molar refractivity (Wildman–Crippen MR) is 136 cm³/mol. The molecule has 0 fully saturated rings. The molecule has 0 aliphatic rings. The zero-order valence-electron chi connectivity index (χ0n) is 20.0. The number of methoxy groups -OCH3 is 3. The fourth-order valence-electron chi connectivity index (χ4n) is 3.97. The van der Waals surface area contributed by atoms with Gasteiger partial charge in [0.25, 0.3) is 0 Å². The average Bonchev–Trinajstić information content (AvgIpc) is 2.89. The summed E-state index contributed by atoms with van der Waals surface area (Å²) >= 11 is 0. The molecule has 0 heterocycles. The van der Waals surface area contributed by atoms with Crippen LogP contribution in [-0.4, -0.2) is 45.6 Å². The van der Waals surface area contributed by atoms with Gasteiger partial charge in [0.15, 0.2) is 0 Å². The molecule has 0 radical (unpaired) electrons. The Morgan fingerprint density at radius 1 is 0.735 bits per heavy atom. The average molecular weight is 461 g/mol. The summed E-state index contributed by atoms with van der Waals surface area (Å²) in [7, 11) is 4.77. The first-order valence-corrected chi connectivity index (χ1v) is 11.3. The van der Waals surface area contributed by atoms with E-state index in [1.807, 2.05) is 48.5 Å². The highest BCUT2D eigenvalue weighted by molar-refractivity contribution is 6.04. The van der Waals surface area contributed by atoms with Gasteiger partial charge in [0.1, 0.15) is 0 Å². The monoisotopic (exact) mass is 460 g/mol. The van der Waals surface area contributed by atoms with E-state index >= 15 is 0 Å². The number of hydrogen-bond acceptors (Lipinski definition) is 5. The number of ether oxygens (including phenoxy) is 3. The lowest BCUT2D eigenvalue weighted by Crippen LogP contribution is -2.04. The van der Waals surface area contributed by atoms with E-state index in [1.165, 1.54) is 18.1 Å². The number of benzene rings is 4. The maximum absolute atomic E-state index is 11.8. The molecule has 5 heteroatoms. The molecule has 4 rings (SSSR count). The van der Waals surface area contributed by atoms with Gasteiger partial charge in [-0.1, -0.05) is 66.7 Å². The second kappa shape index (κ2) is 12.8. The molecule has 1 N–H and O–H groups in total. The number of esters is 1. The molecule has 34 heavy (non-hydrogen) atoms. The number of aliphatic hydroxyl groups excluding tert-OH is 1. The normalized spacial score (nSPS) is 10.7. The van der Waals surface area contributed by atoms with Crippen molar-refractivity contribution < 1.29 is 24.1 Å². The molecule has 0 amide bonds. The van der Waals surface area contributed by atoms with Crippen molar-refractivity contribution in [1.82, 2.24) is 0 Å². The largest absolute Gasteiger partial charge is 0.465 e. The first kappa shape index (κ1) is 25.4. The molecule has 0 aromatic heterocycles. The Morgan fingerprint density at radius 2 is 1.26 bits per heavy atom. The van der Waals surface area contributed by atoms with Crippen LogP contribution in [0, 0.1) is 0 Å². The van der Waals surface area contributed by atoms with Crippen molar-refractivity contribution in [2.75, 3.05) is 34.5 Å².